The molecule has 0 aliphatic heterocycles. The minimum Gasteiger partial charge on any atom is -0.383 e. The number of aromatic nitrogens is 5. The Morgan fingerprint density at radius 2 is 1.80 bits per heavy atom. The van der Waals surface area contributed by atoms with Crippen molar-refractivity contribution in [3.8, 4) is 11.3 Å². The predicted octanol–water partition coefficient (Wildman–Crippen LogP) is 5.58. The third-order valence-corrected chi connectivity index (χ3v) is 6.26. The summed E-state index contributed by atoms with van der Waals surface area (Å²) in [5.41, 5.74) is 10.0. The van der Waals surface area contributed by atoms with Crippen molar-refractivity contribution < 1.29 is 0 Å². The number of pyridine rings is 1. The van der Waals surface area contributed by atoms with Gasteiger partial charge in [0.15, 0.2) is 5.65 Å². The molecule has 9 heteroatoms. The van der Waals surface area contributed by atoms with E-state index in [4.69, 9.17) is 33.9 Å². The van der Waals surface area contributed by atoms with Gasteiger partial charge in [0, 0.05) is 26.6 Å². The average Bonchev–Trinajstić information content (AvgIpc) is 3.05. The third-order valence-electron chi connectivity index (χ3n) is 4.85. The van der Waals surface area contributed by atoms with Gasteiger partial charge in [0.1, 0.15) is 15.8 Å². The van der Waals surface area contributed by atoms with Crippen LogP contribution in [0.2, 0.25) is 10.0 Å². The Labute approximate surface area is 195 Å². The summed E-state index contributed by atoms with van der Waals surface area (Å²) in [6.07, 6.45) is 1.44. The smallest absolute Gasteiger partial charge is 0.164 e. The van der Waals surface area contributed by atoms with Gasteiger partial charge in [-0.3, -0.25) is 0 Å². The van der Waals surface area contributed by atoms with E-state index < -0.39 is 0 Å². The first kappa shape index (κ1) is 19.5. The minimum atomic E-state index is 0.404. The van der Waals surface area contributed by atoms with Gasteiger partial charge in [-0.05, 0) is 46.9 Å². The van der Waals surface area contributed by atoms with E-state index in [0.717, 1.165) is 36.8 Å². The van der Waals surface area contributed by atoms with E-state index in [-0.39, 0.29) is 0 Å². The largest absolute Gasteiger partial charge is 0.383 e. The summed E-state index contributed by atoms with van der Waals surface area (Å²) in [5, 5.41) is 7.50. The second kappa shape index (κ2) is 7.64. The molecule has 0 atom stereocenters. The van der Waals surface area contributed by atoms with Gasteiger partial charge in [-0.25, -0.2) is 19.6 Å². The summed E-state index contributed by atoms with van der Waals surface area (Å²) in [5.74, 6) is 0.404. The van der Waals surface area contributed by atoms with Crippen molar-refractivity contribution in [2.24, 2.45) is 0 Å². The van der Waals surface area contributed by atoms with Crippen molar-refractivity contribution in [3.63, 3.8) is 0 Å². The van der Waals surface area contributed by atoms with Crippen LogP contribution in [-0.2, 0) is 6.54 Å². The topological polar surface area (TPSA) is 82.5 Å². The number of fused-ring (bicyclic) bond motifs is 2. The van der Waals surface area contributed by atoms with Crippen LogP contribution in [0.1, 0.15) is 5.56 Å². The van der Waals surface area contributed by atoms with Crippen LogP contribution in [0.3, 0.4) is 0 Å². The molecule has 0 unspecified atom stereocenters. The summed E-state index contributed by atoms with van der Waals surface area (Å²) >= 11 is 15.1. The molecule has 5 aromatic rings. The lowest BCUT2D eigenvalue weighted by Crippen LogP contribution is -2.06. The maximum absolute atomic E-state index is 6.51. The number of nitrogen functional groups attached to an aromatic ring is 1. The normalized spacial score (nSPS) is 11.4. The van der Waals surface area contributed by atoms with Crippen LogP contribution < -0.4 is 5.73 Å². The van der Waals surface area contributed by atoms with Crippen LogP contribution in [-0.4, -0.2) is 24.7 Å². The van der Waals surface area contributed by atoms with Gasteiger partial charge in [0.2, 0.25) is 0 Å². The highest BCUT2D eigenvalue weighted by atomic mass is 127. The molecular weight excluding hydrogens is 534 g/mol. The van der Waals surface area contributed by atoms with Gasteiger partial charge < -0.3 is 5.73 Å². The number of hydrogen-bond acceptors (Lipinski definition) is 5. The Kier molecular flexibility index (Phi) is 4.96. The molecule has 0 aliphatic rings. The number of anilines is 1. The number of benzene rings is 2. The molecule has 0 fully saturated rings. The van der Waals surface area contributed by atoms with E-state index >= 15 is 0 Å². The van der Waals surface area contributed by atoms with Gasteiger partial charge >= 0.3 is 0 Å². The molecule has 3 heterocycles. The summed E-state index contributed by atoms with van der Waals surface area (Å²) in [6.45, 7) is 0.421. The molecule has 0 amide bonds. The number of nitrogens with zero attached hydrogens (tertiary/aromatic N) is 5. The zero-order valence-corrected chi connectivity index (χ0v) is 19.0. The fourth-order valence-electron chi connectivity index (χ4n) is 3.47. The Morgan fingerprint density at radius 1 is 1.00 bits per heavy atom. The van der Waals surface area contributed by atoms with Crippen molar-refractivity contribution >= 4 is 73.5 Å². The van der Waals surface area contributed by atoms with Crippen molar-refractivity contribution in [1.29, 1.82) is 0 Å². The second-order valence-electron chi connectivity index (χ2n) is 6.69. The molecule has 0 spiro atoms. The summed E-state index contributed by atoms with van der Waals surface area (Å²) < 4.78 is 2.54. The maximum Gasteiger partial charge on any atom is 0.164 e. The van der Waals surface area contributed by atoms with Crippen LogP contribution >= 0.6 is 45.8 Å². The van der Waals surface area contributed by atoms with Crippen molar-refractivity contribution in [3.05, 3.63) is 74.2 Å². The molecule has 0 aliphatic carbocycles. The second-order valence-corrected chi connectivity index (χ2v) is 8.52. The van der Waals surface area contributed by atoms with Crippen LogP contribution in [0, 0.1) is 3.70 Å². The molecule has 148 valence electrons. The highest BCUT2D eigenvalue weighted by Gasteiger charge is 2.18. The summed E-state index contributed by atoms with van der Waals surface area (Å²) in [4.78, 5) is 13.4. The highest BCUT2D eigenvalue weighted by Crippen LogP contribution is 2.34. The molecule has 0 saturated carbocycles. The summed E-state index contributed by atoms with van der Waals surface area (Å²) in [6, 6.07) is 15.4. The minimum absolute atomic E-state index is 0.404. The Bertz CT molecular complexity index is 1430. The van der Waals surface area contributed by atoms with E-state index in [9.17, 15) is 0 Å². The van der Waals surface area contributed by atoms with Crippen molar-refractivity contribution in [2.75, 3.05) is 5.73 Å². The third kappa shape index (κ3) is 3.27. The first-order chi connectivity index (χ1) is 14.5. The van der Waals surface area contributed by atoms with Crippen molar-refractivity contribution in [2.45, 2.75) is 6.54 Å². The standard InChI is InChI=1S/C21H13Cl2IN6/c22-14-5-2-1-4-12(14)18-11(8-13-15(23)6-3-7-16(13)28-18)9-30-21-17(19(24)29-30)20(25)26-10-27-21/h1-8,10H,9H2,(H2,25,26,27). The summed E-state index contributed by atoms with van der Waals surface area (Å²) in [7, 11) is 0. The van der Waals surface area contributed by atoms with Gasteiger partial charge in [0.25, 0.3) is 0 Å². The average molecular weight is 547 g/mol. The molecule has 3 aromatic heterocycles. The Hall–Kier alpha value is -2.49. The SMILES string of the molecule is Nc1ncnc2c1c(I)nn2Cc1cc2c(Cl)cccc2nc1-c1ccccc1Cl. The van der Waals surface area contributed by atoms with Crippen molar-refractivity contribution in [1.82, 2.24) is 24.7 Å². The molecule has 0 bridgehead atoms. The molecule has 0 saturated heterocycles. The lowest BCUT2D eigenvalue weighted by Gasteiger charge is -2.13. The van der Waals surface area contributed by atoms with E-state index in [0.29, 0.717) is 28.1 Å². The lowest BCUT2D eigenvalue weighted by atomic mass is 10.0. The zero-order chi connectivity index (χ0) is 20.8. The van der Waals surface area contributed by atoms with Crippen LogP contribution in [0.25, 0.3) is 33.2 Å². The molecule has 5 rings (SSSR count). The van der Waals surface area contributed by atoms with Gasteiger partial charge in [-0.1, -0.05) is 47.5 Å². The van der Waals surface area contributed by atoms with Crippen LogP contribution in [0.5, 0.6) is 0 Å². The zero-order valence-electron chi connectivity index (χ0n) is 15.4. The molecule has 0 radical (unpaired) electrons. The lowest BCUT2D eigenvalue weighted by molar-refractivity contribution is 0.697. The maximum atomic E-state index is 6.51. The van der Waals surface area contributed by atoms with E-state index in [2.05, 4.69) is 37.7 Å². The first-order valence-electron chi connectivity index (χ1n) is 8.98. The molecule has 6 nitrogen and oxygen atoms in total. The van der Waals surface area contributed by atoms with Crippen LogP contribution in [0.15, 0.2) is 54.9 Å². The van der Waals surface area contributed by atoms with Gasteiger partial charge in [0.05, 0.1) is 23.1 Å². The quantitative estimate of drug-likeness (QED) is 0.298. The van der Waals surface area contributed by atoms with Gasteiger partial charge in [-0.15, -0.1) is 0 Å². The fourth-order valence-corrected chi connectivity index (χ4v) is 4.69. The monoisotopic (exact) mass is 546 g/mol. The first-order valence-corrected chi connectivity index (χ1v) is 10.8. The predicted molar refractivity (Wildman–Crippen MR) is 129 cm³/mol. The highest BCUT2D eigenvalue weighted by molar-refractivity contribution is 14.1. The number of hydrogen-bond donors (Lipinski definition) is 1. The Balaban J connectivity index is 1.76. The van der Waals surface area contributed by atoms with E-state index in [1.54, 1.807) is 4.68 Å². The fraction of sp³-hybridized carbons (Fsp3) is 0.0476. The van der Waals surface area contributed by atoms with Gasteiger partial charge in [-0.2, -0.15) is 5.10 Å². The molecule has 2 N–H and O–H groups in total. The number of rotatable bonds is 3. The Morgan fingerprint density at radius 3 is 2.63 bits per heavy atom. The molecule has 2 aromatic carbocycles. The molecular formula is C21H13Cl2IN6. The molecule has 30 heavy (non-hydrogen) atoms. The van der Waals surface area contributed by atoms with E-state index in [1.807, 2.05) is 48.5 Å². The van der Waals surface area contributed by atoms with Crippen LogP contribution in [0.4, 0.5) is 5.82 Å². The van der Waals surface area contributed by atoms with E-state index in [1.165, 1.54) is 6.33 Å². The number of nitrogens with two attached hydrogens (primary N) is 1. The number of halogens is 3.